The summed E-state index contributed by atoms with van der Waals surface area (Å²) in [6.45, 7) is 3.41. The number of halogens is 1. The van der Waals surface area contributed by atoms with E-state index in [-0.39, 0.29) is 30.8 Å². The number of amides is 2. The molecular weight excluding hydrogens is 322 g/mol. The average Bonchev–Trinajstić information content (AvgIpc) is 2.79. The number of nitrogens with one attached hydrogen (secondary N) is 1. The van der Waals surface area contributed by atoms with Crippen LogP contribution in [0.5, 0.6) is 0 Å². The van der Waals surface area contributed by atoms with Gasteiger partial charge in [0.05, 0.1) is 11.4 Å². The van der Waals surface area contributed by atoms with Gasteiger partial charge in [0.2, 0.25) is 11.8 Å². The molecule has 1 aromatic carbocycles. The SMILES string of the molecule is Cl.O=C(CN1C(=O)CSc2ccccc21)N1CCCNCC1. The third-order valence-corrected chi connectivity index (χ3v) is 4.84. The van der Waals surface area contributed by atoms with Gasteiger partial charge in [-0.1, -0.05) is 12.1 Å². The predicted molar refractivity (Wildman–Crippen MR) is 90.8 cm³/mol. The molecule has 1 aromatic rings. The highest BCUT2D eigenvalue weighted by molar-refractivity contribution is 8.00. The predicted octanol–water partition coefficient (Wildman–Crippen LogP) is 1.37. The number of carbonyl (C=O) groups is 2. The molecule has 1 saturated heterocycles. The number of benzene rings is 1. The minimum Gasteiger partial charge on any atom is -0.340 e. The molecule has 2 heterocycles. The Morgan fingerprint density at radius 2 is 2.05 bits per heavy atom. The van der Waals surface area contributed by atoms with Crippen LogP contribution in [0.3, 0.4) is 0 Å². The summed E-state index contributed by atoms with van der Waals surface area (Å²) in [4.78, 5) is 29.2. The second kappa shape index (κ2) is 7.85. The lowest BCUT2D eigenvalue weighted by Crippen LogP contribution is -2.45. The first-order valence-electron chi connectivity index (χ1n) is 7.26. The van der Waals surface area contributed by atoms with E-state index >= 15 is 0 Å². The smallest absolute Gasteiger partial charge is 0.242 e. The van der Waals surface area contributed by atoms with Crippen LogP contribution in [0.4, 0.5) is 5.69 Å². The van der Waals surface area contributed by atoms with Crippen molar-refractivity contribution in [3.63, 3.8) is 0 Å². The lowest BCUT2D eigenvalue weighted by atomic mass is 10.2. The van der Waals surface area contributed by atoms with Gasteiger partial charge >= 0.3 is 0 Å². The Bertz CT molecular complexity index is 547. The van der Waals surface area contributed by atoms with Crippen molar-refractivity contribution >= 4 is 41.7 Å². The zero-order valence-corrected chi connectivity index (χ0v) is 13.9. The summed E-state index contributed by atoms with van der Waals surface area (Å²) in [6, 6.07) is 7.78. The Morgan fingerprint density at radius 1 is 1.23 bits per heavy atom. The number of fused-ring (bicyclic) bond motifs is 1. The molecule has 2 aliphatic heterocycles. The van der Waals surface area contributed by atoms with E-state index in [4.69, 9.17) is 0 Å². The Balaban J connectivity index is 0.00000176. The number of hydrogen-bond donors (Lipinski definition) is 1. The highest BCUT2D eigenvalue weighted by atomic mass is 35.5. The third-order valence-electron chi connectivity index (χ3n) is 3.79. The highest BCUT2D eigenvalue weighted by Gasteiger charge is 2.28. The monoisotopic (exact) mass is 341 g/mol. The molecule has 0 bridgehead atoms. The Morgan fingerprint density at radius 3 is 2.91 bits per heavy atom. The molecule has 2 aliphatic rings. The van der Waals surface area contributed by atoms with Crippen LogP contribution in [0.1, 0.15) is 6.42 Å². The largest absolute Gasteiger partial charge is 0.340 e. The zero-order valence-electron chi connectivity index (χ0n) is 12.3. The lowest BCUT2D eigenvalue weighted by Gasteiger charge is -2.30. The molecular formula is C15H20ClN3O2S. The normalized spacial score (nSPS) is 18.3. The molecule has 3 rings (SSSR count). The van der Waals surface area contributed by atoms with Gasteiger partial charge in [-0.3, -0.25) is 9.59 Å². The van der Waals surface area contributed by atoms with Crippen molar-refractivity contribution in [2.24, 2.45) is 0 Å². The van der Waals surface area contributed by atoms with E-state index < -0.39 is 0 Å². The molecule has 0 aliphatic carbocycles. The fourth-order valence-electron chi connectivity index (χ4n) is 2.66. The van der Waals surface area contributed by atoms with E-state index in [2.05, 4.69) is 5.32 Å². The van der Waals surface area contributed by atoms with E-state index in [1.807, 2.05) is 29.2 Å². The molecule has 0 spiro atoms. The van der Waals surface area contributed by atoms with Crippen molar-refractivity contribution in [3.8, 4) is 0 Å². The quantitative estimate of drug-likeness (QED) is 0.882. The van der Waals surface area contributed by atoms with E-state index in [1.165, 1.54) is 0 Å². The van der Waals surface area contributed by atoms with Crippen molar-refractivity contribution in [1.29, 1.82) is 0 Å². The summed E-state index contributed by atoms with van der Waals surface area (Å²) < 4.78 is 0. The molecule has 22 heavy (non-hydrogen) atoms. The first-order chi connectivity index (χ1) is 10.3. The molecule has 7 heteroatoms. The molecule has 1 N–H and O–H groups in total. The van der Waals surface area contributed by atoms with Gasteiger partial charge in [-0.25, -0.2) is 0 Å². The summed E-state index contributed by atoms with van der Waals surface area (Å²) >= 11 is 1.54. The van der Waals surface area contributed by atoms with Crippen molar-refractivity contribution in [1.82, 2.24) is 10.2 Å². The molecule has 2 amide bonds. The standard InChI is InChI=1S/C15H19N3O2S.ClH/c19-14(17-8-3-6-16-7-9-17)10-18-12-4-1-2-5-13(12)21-11-15(18)20;/h1-2,4-5,16H,3,6-11H2;1H. The molecule has 0 radical (unpaired) electrons. The first-order valence-corrected chi connectivity index (χ1v) is 8.25. The third kappa shape index (κ3) is 3.74. The molecule has 1 fully saturated rings. The summed E-state index contributed by atoms with van der Waals surface area (Å²) in [5.74, 6) is 0.458. The maximum atomic E-state index is 12.5. The summed E-state index contributed by atoms with van der Waals surface area (Å²) in [5, 5.41) is 3.28. The van der Waals surface area contributed by atoms with E-state index in [0.29, 0.717) is 5.75 Å². The minimum atomic E-state index is 0. The number of nitrogens with zero attached hydrogens (tertiary/aromatic N) is 2. The molecule has 5 nitrogen and oxygen atoms in total. The summed E-state index contributed by atoms with van der Waals surface area (Å²) in [6.07, 6.45) is 0.964. The number of thioether (sulfide) groups is 1. The Labute approximate surface area is 140 Å². The van der Waals surface area contributed by atoms with Crippen LogP contribution < -0.4 is 10.2 Å². The number of rotatable bonds is 2. The highest BCUT2D eigenvalue weighted by Crippen LogP contribution is 2.34. The van der Waals surface area contributed by atoms with Crippen molar-refractivity contribution in [2.75, 3.05) is 43.4 Å². The van der Waals surface area contributed by atoms with E-state index in [0.717, 1.165) is 43.2 Å². The zero-order chi connectivity index (χ0) is 14.7. The molecule has 0 unspecified atom stereocenters. The van der Waals surface area contributed by atoms with Gasteiger partial charge < -0.3 is 15.1 Å². The fourth-order valence-corrected chi connectivity index (χ4v) is 3.59. The second-order valence-electron chi connectivity index (χ2n) is 5.22. The van der Waals surface area contributed by atoms with Crippen LogP contribution in [0.25, 0.3) is 0 Å². The average molecular weight is 342 g/mol. The van der Waals surface area contributed by atoms with Crippen LogP contribution in [0.15, 0.2) is 29.2 Å². The van der Waals surface area contributed by atoms with Gasteiger partial charge in [0.25, 0.3) is 0 Å². The minimum absolute atomic E-state index is 0. The van der Waals surface area contributed by atoms with Gasteiger partial charge in [0, 0.05) is 24.5 Å². The summed E-state index contributed by atoms with van der Waals surface area (Å²) in [5.41, 5.74) is 0.861. The van der Waals surface area contributed by atoms with E-state index in [9.17, 15) is 9.59 Å². The molecule has 0 aromatic heterocycles. The molecule has 120 valence electrons. The topological polar surface area (TPSA) is 52.7 Å². The second-order valence-corrected chi connectivity index (χ2v) is 6.24. The van der Waals surface area contributed by atoms with Gasteiger partial charge in [-0.05, 0) is 25.1 Å². The Kier molecular flexibility index (Phi) is 6.11. The van der Waals surface area contributed by atoms with Gasteiger partial charge in [0.1, 0.15) is 6.54 Å². The van der Waals surface area contributed by atoms with Gasteiger partial charge in [-0.2, -0.15) is 0 Å². The van der Waals surface area contributed by atoms with Crippen molar-refractivity contribution in [2.45, 2.75) is 11.3 Å². The fraction of sp³-hybridized carbons (Fsp3) is 0.467. The number of para-hydroxylation sites is 1. The van der Waals surface area contributed by atoms with Crippen molar-refractivity contribution < 1.29 is 9.59 Å². The van der Waals surface area contributed by atoms with Gasteiger partial charge in [0.15, 0.2) is 0 Å². The van der Waals surface area contributed by atoms with Crippen molar-refractivity contribution in [3.05, 3.63) is 24.3 Å². The van der Waals surface area contributed by atoms with E-state index in [1.54, 1.807) is 16.7 Å². The maximum absolute atomic E-state index is 12.5. The van der Waals surface area contributed by atoms with Crippen LogP contribution in [-0.2, 0) is 9.59 Å². The van der Waals surface area contributed by atoms with Crippen LogP contribution >= 0.6 is 24.2 Å². The van der Waals surface area contributed by atoms with Crippen LogP contribution in [0, 0.1) is 0 Å². The van der Waals surface area contributed by atoms with Gasteiger partial charge in [-0.15, -0.1) is 24.2 Å². The molecule has 0 atom stereocenters. The molecule has 0 saturated carbocycles. The summed E-state index contributed by atoms with van der Waals surface area (Å²) in [7, 11) is 0. The first kappa shape index (κ1) is 17.1. The van der Waals surface area contributed by atoms with Crippen LogP contribution in [0.2, 0.25) is 0 Å². The maximum Gasteiger partial charge on any atom is 0.242 e. The Hall–Kier alpha value is -1.24. The van der Waals surface area contributed by atoms with Crippen LogP contribution in [-0.4, -0.2) is 55.2 Å². The number of anilines is 1. The lowest BCUT2D eigenvalue weighted by molar-refractivity contribution is -0.131. The number of hydrogen-bond acceptors (Lipinski definition) is 4. The number of carbonyl (C=O) groups excluding carboxylic acids is 2.